The fourth-order valence-electron chi connectivity index (χ4n) is 0.705. The van der Waals surface area contributed by atoms with Crippen molar-refractivity contribution in [3.63, 3.8) is 0 Å². The quantitative estimate of drug-likeness (QED) is 0.493. The molecule has 4 heteroatoms. The summed E-state index contributed by atoms with van der Waals surface area (Å²) >= 11 is 0. The molecule has 1 N–H and O–H groups in total. The molecule has 0 amide bonds. The second kappa shape index (κ2) is 6.11. The molecule has 0 aliphatic heterocycles. The number of Topliss-reactive ketones (excluding diaryl/α,β-unsaturated/α-hetero) is 2. The van der Waals surface area contributed by atoms with Gasteiger partial charge < -0.3 is 5.11 Å². The molecule has 0 aliphatic carbocycles. The lowest BCUT2D eigenvalue weighted by atomic mass is 10.2. The Hall–Kier alpha value is -1.45. The van der Waals surface area contributed by atoms with Crippen molar-refractivity contribution in [2.75, 3.05) is 0 Å². The molecule has 0 spiro atoms. The molecule has 0 unspecified atom stereocenters. The van der Waals surface area contributed by atoms with Crippen LogP contribution in [0.1, 0.15) is 26.2 Å². The number of aliphatic carboxylic acids is 1. The van der Waals surface area contributed by atoms with E-state index in [2.05, 4.69) is 0 Å². The molecule has 0 aromatic carbocycles. The minimum absolute atomic E-state index is 0.0157. The lowest BCUT2D eigenvalue weighted by Gasteiger charge is -1.90. The Bertz CT molecular complexity index is 240. The van der Waals surface area contributed by atoms with Gasteiger partial charge in [-0.2, -0.15) is 0 Å². The summed E-state index contributed by atoms with van der Waals surface area (Å²) in [6.07, 6.45) is 3.01. The van der Waals surface area contributed by atoms with E-state index in [9.17, 15) is 14.4 Å². The number of ketones is 2. The van der Waals surface area contributed by atoms with E-state index >= 15 is 0 Å². The second-order valence-corrected chi connectivity index (χ2v) is 2.69. The Morgan fingerprint density at radius 3 is 2.15 bits per heavy atom. The molecule has 0 bridgehead atoms. The highest BCUT2D eigenvalue weighted by molar-refractivity contribution is 5.95. The van der Waals surface area contributed by atoms with E-state index in [0.29, 0.717) is 6.42 Å². The molecule has 0 radical (unpaired) electrons. The highest BCUT2D eigenvalue weighted by Crippen LogP contribution is 1.93. The van der Waals surface area contributed by atoms with E-state index in [4.69, 9.17) is 5.11 Å². The van der Waals surface area contributed by atoms with Crippen LogP contribution in [0.5, 0.6) is 0 Å². The zero-order valence-electron chi connectivity index (χ0n) is 7.45. The van der Waals surface area contributed by atoms with E-state index in [1.165, 1.54) is 13.0 Å². The molecule has 72 valence electrons. The Morgan fingerprint density at radius 2 is 1.69 bits per heavy atom. The predicted molar refractivity (Wildman–Crippen MR) is 46.3 cm³/mol. The number of carbonyl (C=O) groups is 3. The monoisotopic (exact) mass is 184 g/mol. The van der Waals surface area contributed by atoms with Crippen molar-refractivity contribution in [1.29, 1.82) is 0 Å². The molecule has 0 atom stereocenters. The number of carbonyl (C=O) groups excluding carboxylic acids is 2. The summed E-state index contributed by atoms with van der Waals surface area (Å²) in [4.78, 5) is 31.3. The number of hydrogen-bond donors (Lipinski definition) is 1. The van der Waals surface area contributed by atoms with Crippen LogP contribution in [0.3, 0.4) is 0 Å². The number of carboxylic acid groups (broad SMARTS) is 1. The van der Waals surface area contributed by atoms with E-state index in [1.54, 1.807) is 6.08 Å². The maximum Gasteiger partial charge on any atom is 0.310 e. The van der Waals surface area contributed by atoms with Crippen LogP contribution in [0.25, 0.3) is 0 Å². The van der Waals surface area contributed by atoms with Gasteiger partial charge in [-0.25, -0.2) is 0 Å². The third-order valence-electron chi connectivity index (χ3n) is 1.27. The normalized spacial score (nSPS) is 10.2. The molecule has 0 saturated heterocycles. The van der Waals surface area contributed by atoms with Gasteiger partial charge in [-0.05, 0) is 6.92 Å². The van der Waals surface area contributed by atoms with Crippen molar-refractivity contribution in [3.05, 3.63) is 12.2 Å². The fraction of sp³-hybridized carbons (Fsp3) is 0.444. The summed E-state index contributed by atoms with van der Waals surface area (Å²) in [6.45, 7) is 1.45. The third kappa shape index (κ3) is 8.46. The number of hydrogen-bond acceptors (Lipinski definition) is 3. The maximum absolute atomic E-state index is 10.8. The van der Waals surface area contributed by atoms with Crippen LogP contribution in [-0.4, -0.2) is 22.6 Å². The van der Waals surface area contributed by atoms with E-state index in [1.807, 2.05) is 0 Å². The van der Waals surface area contributed by atoms with Gasteiger partial charge in [-0.3, -0.25) is 14.4 Å². The van der Waals surface area contributed by atoms with Gasteiger partial charge in [-0.1, -0.05) is 12.2 Å². The molecule has 0 rings (SSSR count). The maximum atomic E-state index is 10.8. The summed E-state index contributed by atoms with van der Waals surface area (Å²) < 4.78 is 0. The van der Waals surface area contributed by atoms with Gasteiger partial charge in [0.2, 0.25) is 0 Å². The molecular formula is C9H12O4. The summed E-state index contributed by atoms with van der Waals surface area (Å²) in [7, 11) is 0. The zero-order valence-corrected chi connectivity index (χ0v) is 7.45. The van der Waals surface area contributed by atoms with Crippen molar-refractivity contribution < 1.29 is 19.5 Å². The van der Waals surface area contributed by atoms with Crippen LogP contribution in [0.4, 0.5) is 0 Å². The molecule has 0 saturated carbocycles. The first kappa shape index (κ1) is 11.6. The van der Waals surface area contributed by atoms with Gasteiger partial charge in [0.1, 0.15) is 18.0 Å². The Kier molecular flexibility index (Phi) is 5.43. The molecule has 13 heavy (non-hydrogen) atoms. The summed E-state index contributed by atoms with van der Waals surface area (Å²) in [5, 5.41) is 8.23. The van der Waals surface area contributed by atoms with Gasteiger partial charge in [-0.15, -0.1) is 0 Å². The van der Waals surface area contributed by atoms with Crippen molar-refractivity contribution >= 4 is 17.5 Å². The molecular weight excluding hydrogens is 172 g/mol. The van der Waals surface area contributed by atoms with Crippen LogP contribution in [0.15, 0.2) is 12.2 Å². The van der Waals surface area contributed by atoms with Gasteiger partial charge >= 0.3 is 5.97 Å². The molecule has 0 aromatic heterocycles. The van der Waals surface area contributed by atoms with Gasteiger partial charge in [0.25, 0.3) is 0 Å². The number of carboxylic acids is 1. The first-order valence-corrected chi connectivity index (χ1v) is 3.90. The van der Waals surface area contributed by atoms with Crippen molar-refractivity contribution in [2.45, 2.75) is 26.2 Å². The lowest BCUT2D eigenvalue weighted by molar-refractivity contribution is -0.140. The first-order chi connectivity index (χ1) is 6.02. The van der Waals surface area contributed by atoms with Crippen LogP contribution in [0, 0.1) is 0 Å². The average molecular weight is 184 g/mol. The third-order valence-corrected chi connectivity index (χ3v) is 1.27. The topological polar surface area (TPSA) is 71.4 Å². The van der Waals surface area contributed by atoms with Crippen LogP contribution in [0.2, 0.25) is 0 Å². The van der Waals surface area contributed by atoms with Crippen LogP contribution in [-0.2, 0) is 14.4 Å². The van der Waals surface area contributed by atoms with Gasteiger partial charge in [0.15, 0.2) is 0 Å². The molecule has 0 aromatic rings. The predicted octanol–water partition coefficient (Wildman–Crippen LogP) is 0.956. The number of rotatable bonds is 6. The SMILES string of the molecule is CC(=O)C/C=C\CC(=O)CC(=O)O. The van der Waals surface area contributed by atoms with Crippen molar-refractivity contribution in [3.8, 4) is 0 Å². The highest BCUT2D eigenvalue weighted by atomic mass is 16.4. The van der Waals surface area contributed by atoms with Crippen molar-refractivity contribution in [2.24, 2.45) is 0 Å². The highest BCUT2D eigenvalue weighted by Gasteiger charge is 2.04. The minimum atomic E-state index is -1.12. The van der Waals surface area contributed by atoms with E-state index in [0.717, 1.165) is 0 Å². The van der Waals surface area contributed by atoms with Gasteiger partial charge in [0, 0.05) is 12.8 Å². The lowest BCUT2D eigenvalue weighted by Crippen LogP contribution is -2.04. The largest absolute Gasteiger partial charge is 0.481 e. The Balaban J connectivity index is 3.63. The van der Waals surface area contributed by atoms with E-state index < -0.39 is 12.4 Å². The van der Waals surface area contributed by atoms with E-state index in [-0.39, 0.29) is 18.0 Å². The Labute approximate surface area is 76.2 Å². The summed E-state index contributed by atoms with van der Waals surface area (Å²) in [6, 6.07) is 0. The first-order valence-electron chi connectivity index (χ1n) is 3.90. The summed E-state index contributed by atoms with van der Waals surface area (Å²) in [5.74, 6) is -1.46. The molecule has 4 nitrogen and oxygen atoms in total. The standard InChI is InChI=1S/C9H12O4/c1-7(10)4-2-3-5-8(11)6-9(12)13/h2-3H,4-6H2,1H3,(H,12,13)/b3-2-. The molecule has 0 aliphatic rings. The minimum Gasteiger partial charge on any atom is -0.481 e. The van der Waals surface area contributed by atoms with Crippen molar-refractivity contribution in [1.82, 2.24) is 0 Å². The molecule has 0 heterocycles. The second-order valence-electron chi connectivity index (χ2n) is 2.69. The van der Waals surface area contributed by atoms with Gasteiger partial charge in [0.05, 0.1) is 0 Å². The Morgan fingerprint density at radius 1 is 1.15 bits per heavy atom. The molecule has 0 fully saturated rings. The summed E-state index contributed by atoms with van der Waals surface area (Å²) in [5.41, 5.74) is 0. The van der Waals surface area contributed by atoms with Crippen LogP contribution >= 0.6 is 0 Å². The van der Waals surface area contributed by atoms with Crippen LogP contribution < -0.4 is 0 Å². The smallest absolute Gasteiger partial charge is 0.310 e. The average Bonchev–Trinajstić information content (AvgIpc) is 1.96. The number of allylic oxidation sites excluding steroid dienone is 2. The zero-order chi connectivity index (χ0) is 10.3. The fourth-order valence-corrected chi connectivity index (χ4v) is 0.705.